The highest BCUT2D eigenvalue weighted by molar-refractivity contribution is 5.88. The van der Waals surface area contributed by atoms with Crippen LogP contribution in [0.3, 0.4) is 0 Å². The van der Waals surface area contributed by atoms with Crippen LogP contribution in [0.25, 0.3) is 0 Å². The van der Waals surface area contributed by atoms with Gasteiger partial charge in [0.15, 0.2) is 0 Å². The number of rotatable bonds is 21. The summed E-state index contributed by atoms with van der Waals surface area (Å²) >= 11 is 0. The Morgan fingerprint density at radius 1 is 0.645 bits per heavy atom. The predicted octanol–water partition coefficient (Wildman–Crippen LogP) is 2.14. The minimum Gasteiger partial charge on any atom is -0.491 e. The van der Waals surface area contributed by atoms with Crippen molar-refractivity contribution in [1.29, 1.82) is 0 Å². The number of nitrogens with one attached hydrogen (secondary N) is 1. The predicted molar refractivity (Wildman–Crippen MR) is 117 cm³/mol. The summed E-state index contributed by atoms with van der Waals surface area (Å²) in [6.07, 6.45) is 0. The molecule has 178 valence electrons. The van der Waals surface area contributed by atoms with Crippen molar-refractivity contribution >= 4 is 11.6 Å². The first kappa shape index (κ1) is 27.3. The Morgan fingerprint density at radius 3 is 1.42 bits per heavy atom. The third-order valence-electron chi connectivity index (χ3n) is 3.74. The molecule has 31 heavy (non-hydrogen) atoms. The van der Waals surface area contributed by atoms with E-state index in [4.69, 9.17) is 33.2 Å². The third kappa shape index (κ3) is 17.6. The number of hydrogen-bond acceptors (Lipinski definition) is 8. The van der Waals surface area contributed by atoms with E-state index in [9.17, 15) is 4.79 Å². The van der Waals surface area contributed by atoms with Gasteiger partial charge in [0.1, 0.15) is 12.4 Å². The van der Waals surface area contributed by atoms with Gasteiger partial charge in [0, 0.05) is 19.2 Å². The van der Waals surface area contributed by atoms with Crippen molar-refractivity contribution in [3.63, 3.8) is 0 Å². The van der Waals surface area contributed by atoms with Gasteiger partial charge in [-0.2, -0.15) is 0 Å². The van der Waals surface area contributed by atoms with Crippen LogP contribution in [0.2, 0.25) is 0 Å². The van der Waals surface area contributed by atoms with Crippen molar-refractivity contribution < 1.29 is 38.0 Å². The minimum atomic E-state index is -0.101. The van der Waals surface area contributed by atoms with Crippen LogP contribution in [0.4, 0.5) is 5.69 Å². The van der Waals surface area contributed by atoms with Gasteiger partial charge in [-0.3, -0.25) is 4.79 Å². The zero-order valence-corrected chi connectivity index (χ0v) is 18.8. The highest BCUT2D eigenvalue weighted by atomic mass is 16.6. The summed E-state index contributed by atoms with van der Waals surface area (Å²) in [5, 5.41) is 2.70. The molecule has 1 aromatic carbocycles. The van der Waals surface area contributed by atoms with Gasteiger partial charge in [-0.05, 0) is 31.2 Å². The van der Waals surface area contributed by atoms with E-state index in [-0.39, 0.29) is 5.91 Å². The molecule has 9 nitrogen and oxygen atoms in total. The number of ether oxygens (including phenoxy) is 7. The van der Waals surface area contributed by atoms with E-state index in [1.807, 2.05) is 6.92 Å². The highest BCUT2D eigenvalue weighted by Crippen LogP contribution is 2.15. The molecule has 1 aromatic rings. The average molecular weight is 444 g/mol. The quantitative estimate of drug-likeness (QED) is 0.289. The van der Waals surface area contributed by atoms with Gasteiger partial charge in [0.05, 0.1) is 72.7 Å². The second kappa shape index (κ2) is 20.2. The van der Waals surface area contributed by atoms with E-state index in [1.165, 1.54) is 6.92 Å². The largest absolute Gasteiger partial charge is 0.491 e. The summed E-state index contributed by atoms with van der Waals surface area (Å²) < 4.78 is 37.8. The molecule has 1 amide bonds. The summed E-state index contributed by atoms with van der Waals surface area (Å²) in [6.45, 7) is 10.5. The van der Waals surface area contributed by atoms with E-state index in [0.29, 0.717) is 85.9 Å². The van der Waals surface area contributed by atoms with E-state index in [1.54, 1.807) is 24.3 Å². The SMILES string of the molecule is CCOCCOCCOCCOCCOCCOCCOc1ccc(NC(C)=O)cc1. The zero-order chi connectivity index (χ0) is 22.4. The first-order chi connectivity index (χ1) is 15.2. The van der Waals surface area contributed by atoms with E-state index < -0.39 is 0 Å². The Kier molecular flexibility index (Phi) is 17.8. The van der Waals surface area contributed by atoms with Crippen LogP contribution in [0.5, 0.6) is 5.75 Å². The number of amides is 1. The van der Waals surface area contributed by atoms with Crippen molar-refractivity contribution in [2.45, 2.75) is 13.8 Å². The lowest BCUT2D eigenvalue weighted by Crippen LogP contribution is -2.14. The highest BCUT2D eigenvalue weighted by Gasteiger charge is 1.98. The Hall–Kier alpha value is -1.75. The molecular weight excluding hydrogens is 406 g/mol. The van der Waals surface area contributed by atoms with Gasteiger partial charge in [0.2, 0.25) is 5.91 Å². The van der Waals surface area contributed by atoms with Crippen LogP contribution in [-0.2, 0) is 33.2 Å². The summed E-state index contributed by atoms with van der Waals surface area (Å²) in [5.74, 6) is 0.625. The van der Waals surface area contributed by atoms with Crippen LogP contribution >= 0.6 is 0 Å². The molecule has 0 atom stereocenters. The maximum absolute atomic E-state index is 11.0. The lowest BCUT2D eigenvalue weighted by molar-refractivity contribution is -0.114. The maximum atomic E-state index is 11.0. The standard InChI is InChI=1S/C22H37NO8/c1-3-25-8-9-26-10-11-27-12-13-28-14-15-29-16-17-30-18-19-31-22-6-4-21(5-7-22)23-20(2)24/h4-7H,3,8-19H2,1-2H3,(H,23,24). The van der Waals surface area contributed by atoms with Crippen LogP contribution in [0, 0.1) is 0 Å². The number of carbonyl (C=O) groups is 1. The van der Waals surface area contributed by atoms with Crippen molar-refractivity contribution in [3.05, 3.63) is 24.3 Å². The number of carbonyl (C=O) groups excluding carboxylic acids is 1. The molecule has 0 fully saturated rings. The number of anilines is 1. The van der Waals surface area contributed by atoms with Gasteiger partial charge < -0.3 is 38.5 Å². The number of benzene rings is 1. The second-order valence-corrected chi connectivity index (χ2v) is 6.31. The normalized spacial score (nSPS) is 10.9. The second-order valence-electron chi connectivity index (χ2n) is 6.31. The molecule has 0 spiro atoms. The molecule has 9 heteroatoms. The maximum Gasteiger partial charge on any atom is 0.221 e. The molecule has 1 rings (SSSR count). The van der Waals surface area contributed by atoms with Crippen LogP contribution < -0.4 is 10.1 Å². The Bertz CT molecular complexity index is 541. The molecule has 0 aliphatic rings. The van der Waals surface area contributed by atoms with Gasteiger partial charge in [-0.1, -0.05) is 0 Å². The molecule has 0 unspecified atom stereocenters. The van der Waals surface area contributed by atoms with Crippen LogP contribution in [0.1, 0.15) is 13.8 Å². The molecule has 1 N–H and O–H groups in total. The summed E-state index contributed by atoms with van der Waals surface area (Å²) in [4.78, 5) is 11.0. The molecule has 0 bridgehead atoms. The molecule has 0 aromatic heterocycles. The lowest BCUT2D eigenvalue weighted by atomic mass is 10.3. The van der Waals surface area contributed by atoms with Crippen molar-refractivity contribution in [2.75, 3.05) is 91.2 Å². The first-order valence-corrected chi connectivity index (χ1v) is 10.7. The monoisotopic (exact) mass is 443 g/mol. The third-order valence-corrected chi connectivity index (χ3v) is 3.74. The minimum absolute atomic E-state index is 0.101. The summed E-state index contributed by atoms with van der Waals surface area (Å²) in [6, 6.07) is 7.19. The fourth-order valence-electron chi connectivity index (χ4n) is 2.30. The summed E-state index contributed by atoms with van der Waals surface area (Å²) in [5.41, 5.74) is 0.739. The average Bonchev–Trinajstić information content (AvgIpc) is 2.76. The van der Waals surface area contributed by atoms with Gasteiger partial charge >= 0.3 is 0 Å². The molecule has 0 aliphatic heterocycles. The molecular formula is C22H37NO8. The smallest absolute Gasteiger partial charge is 0.221 e. The fraction of sp³-hybridized carbons (Fsp3) is 0.682. The molecule has 0 radical (unpaired) electrons. The van der Waals surface area contributed by atoms with Crippen molar-refractivity contribution in [2.24, 2.45) is 0 Å². The van der Waals surface area contributed by atoms with Crippen molar-refractivity contribution in [3.8, 4) is 5.75 Å². The van der Waals surface area contributed by atoms with Crippen molar-refractivity contribution in [1.82, 2.24) is 0 Å². The molecule has 0 saturated carbocycles. The van der Waals surface area contributed by atoms with E-state index in [2.05, 4.69) is 5.32 Å². The van der Waals surface area contributed by atoms with E-state index in [0.717, 1.165) is 11.4 Å². The van der Waals surface area contributed by atoms with E-state index >= 15 is 0 Å². The van der Waals surface area contributed by atoms with Gasteiger partial charge in [-0.15, -0.1) is 0 Å². The lowest BCUT2D eigenvalue weighted by Gasteiger charge is -2.09. The van der Waals surface area contributed by atoms with Crippen LogP contribution in [-0.4, -0.2) is 91.8 Å². The molecule has 0 saturated heterocycles. The fourth-order valence-corrected chi connectivity index (χ4v) is 2.30. The number of hydrogen-bond donors (Lipinski definition) is 1. The topological polar surface area (TPSA) is 93.7 Å². The van der Waals surface area contributed by atoms with Gasteiger partial charge in [-0.25, -0.2) is 0 Å². The molecule has 0 aliphatic carbocycles. The van der Waals surface area contributed by atoms with Gasteiger partial charge in [0.25, 0.3) is 0 Å². The Labute approximate surface area is 185 Å². The molecule has 0 heterocycles. The Balaban J connectivity index is 1.77. The zero-order valence-electron chi connectivity index (χ0n) is 18.8. The first-order valence-electron chi connectivity index (χ1n) is 10.7. The Morgan fingerprint density at radius 2 is 1.03 bits per heavy atom. The summed E-state index contributed by atoms with van der Waals surface area (Å²) in [7, 11) is 0. The van der Waals surface area contributed by atoms with Crippen LogP contribution in [0.15, 0.2) is 24.3 Å².